The lowest BCUT2D eigenvalue weighted by Gasteiger charge is -2.08. The molecule has 0 saturated heterocycles. The fourth-order valence-electron chi connectivity index (χ4n) is 2.13. The highest BCUT2D eigenvalue weighted by molar-refractivity contribution is 5.89. The fraction of sp³-hybridized carbons (Fsp3) is 0.133. The molecule has 0 aliphatic heterocycles. The molecule has 96 valence electrons. The zero-order valence-corrected chi connectivity index (χ0v) is 10.6. The summed E-state index contributed by atoms with van der Waals surface area (Å²) in [6.45, 7) is 2.42. The first-order chi connectivity index (χ1) is 9.24. The second-order valence-corrected chi connectivity index (χ2v) is 4.58. The fourth-order valence-corrected chi connectivity index (χ4v) is 2.13. The highest BCUT2D eigenvalue weighted by atomic mass is 19.1. The van der Waals surface area contributed by atoms with E-state index in [4.69, 9.17) is 0 Å². The molecule has 0 aliphatic carbocycles. The van der Waals surface area contributed by atoms with E-state index in [1.54, 1.807) is 19.2 Å². The Hall–Kier alpha value is -2.36. The van der Waals surface area contributed by atoms with Crippen LogP contribution in [-0.4, -0.2) is 10.2 Å². The zero-order chi connectivity index (χ0) is 13.2. The molecule has 0 fully saturated rings. The van der Waals surface area contributed by atoms with Crippen LogP contribution < -0.4 is 5.32 Å². The van der Waals surface area contributed by atoms with Crippen LogP contribution in [0.15, 0.2) is 42.6 Å². The molecular formula is C15H14FN3. The van der Waals surface area contributed by atoms with Crippen molar-refractivity contribution in [3.63, 3.8) is 0 Å². The van der Waals surface area contributed by atoms with Crippen molar-refractivity contribution in [2.45, 2.75) is 13.5 Å². The molecule has 2 N–H and O–H groups in total. The Bertz CT molecular complexity index is 718. The number of fused-ring (bicyclic) bond motifs is 1. The van der Waals surface area contributed by atoms with Gasteiger partial charge in [0.2, 0.25) is 0 Å². The molecule has 4 heteroatoms. The summed E-state index contributed by atoms with van der Waals surface area (Å²) >= 11 is 0. The lowest BCUT2D eigenvalue weighted by atomic mass is 10.1. The van der Waals surface area contributed by atoms with E-state index in [9.17, 15) is 4.39 Å². The Kier molecular flexibility index (Phi) is 2.91. The third-order valence-corrected chi connectivity index (χ3v) is 3.18. The number of hydrogen-bond donors (Lipinski definition) is 2. The lowest BCUT2D eigenvalue weighted by molar-refractivity contribution is 0.617. The molecule has 3 nitrogen and oxygen atoms in total. The second-order valence-electron chi connectivity index (χ2n) is 4.58. The van der Waals surface area contributed by atoms with Crippen molar-refractivity contribution in [3.8, 4) is 0 Å². The van der Waals surface area contributed by atoms with E-state index < -0.39 is 0 Å². The summed E-state index contributed by atoms with van der Waals surface area (Å²) in [7, 11) is 0. The van der Waals surface area contributed by atoms with Crippen molar-refractivity contribution in [3.05, 3.63) is 59.5 Å². The second kappa shape index (κ2) is 4.72. The van der Waals surface area contributed by atoms with Gasteiger partial charge in [-0.3, -0.25) is 5.10 Å². The minimum Gasteiger partial charge on any atom is -0.379 e. The van der Waals surface area contributed by atoms with Crippen LogP contribution in [0.3, 0.4) is 0 Å². The van der Waals surface area contributed by atoms with Gasteiger partial charge in [0.15, 0.2) is 0 Å². The summed E-state index contributed by atoms with van der Waals surface area (Å²) in [4.78, 5) is 0. The van der Waals surface area contributed by atoms with Crippen molar-refractivity contribution >= 4 is 16.6 Å². The van der Waals surface area contributed by atoms with Gasteiger partial charge in [0, 0.05) is 11.9 Å². The number of aromatic nitrogens is 2. The highest BCUT2D eigenvalue weighted by Gasteiger charge is 2.03. The Morgan fingerprint density at radius 2 is 2.16 bits per heavy atom. The first-order valence-corrected chi connectivity index (χ1v) is 6.15. The van der Waals surface area contributed by atoms with E-state index >= 15 is 0 Å². The standard InChI is InChI=1S/C15H14FN3/c1-10-7-11(5-6-13(10)16)8-17-14-4-2-3-12-9-18-19-15(12)14/h2-7,9,17H,8H2,1H3,(H,18,19). The molecule has 1 heterocycles. The van der Waals surface area contributed by atoms with E-state index in [0.717, 1.165) is 22.2 Å². The molecule has 0 radical (unpaired) electrons. The first kappa shape index (κ1) is 11.7. The maximum Gasteiger partial charge on any atom is 0.126 e. The Labute approximate surface area is 110 Å². The first-order valence-electron chi connectivity index (χ1n) is 6.15. The average Bonchev–Trinajstić information content (AvgIpc) is 2.89. The van der Waals surface area contributed by atoms with E-state index in [-0.39, 0.29) is 5.82 Å². The Balaban J connectivity index is 1.82. The number of rotatable bonds is 3. The minimum atomic E-state index is -0.167. The van der Waals surface area contributed by atoms with Crippen molar-refractivity contribution in [2.75, 3.05) is 5.32 Å². The van der Waals surface area contributed by atoms with Crippen LogP contribution in [0.2, 0.25) is 0 Å². The zero-order valence-electron chi connectivity index (χ0n) is 10.6. The number of para-hydroxylation sites is 1. The molecule has 3 rings (SSSR count). The third kappa shape index (κ3) is 2.29. The normalized spacial score (nSPS) is 10.8. The quantitative estimate of drug-likeness (QED) is 0.750. The maximum atomic E-state index is 13.2. The monoisotopic (exact) mass is 255 g/mol. The molecule has 1 aromatic heterocycles. The van der Waals surface area contributed by atoms with Gasteiger partial charge in [0.1, 0.15) is 5.82 Å². The van der Waals surface area contributed by atoms with Crippen LogP contribution in [0.1, 0.15) is 11.1 Å². The predicted octanol–water partition coefficient (Wildman–Crippen LogP) is 3.62. The molecule has 19 heavy (non-hydrogen) atoms. The number of H-pyrrole nitrogens is 1. The number of aromatic amines is 1. The van der Waals surface area contributed by atoms with Crippen molar-refractivity contribution in [1.29, 1.82) is 0 Å². The van der Waals surface area contributed by atoms with E-state index in [2.05, 4.69) is 15.5 Å². The molecule has 0 unspecified atom stereocenters. The summed E-state index contributed by atoms with van der Waals surface area (Å²) in [5.41, 5.74) is 3.70. The molecule has 3 aromatic rings. The molecular weight excluding hydrogens is 241 g/mol. The lowest BCUT2D eigenvalue weighted by Crippen LogP contribution is -2.00. The molecule has 0 aliphatic rings. The van der Waals surface area contributed by atoms with Gasteiger partial charge in [-0.1, -0.05) is 24.3 Å². The highest BCUT2D eigenvalue weighted by Crippen LogP contribution is 2.21. The van der Waals surface area contributed by atoms with Gasteiger partial charge < -0.3 is 5.32 Å². The molecule has 0 saturated carbocycles. The Morgan fingerprint density at radius 3 is 3.00 bits per heavy atom. The summed E-state index contributed by atoms with van der Waals surface area (Å²) in [6, 6.07) is 11.1. The van der Waals surface area contributed by atoms with Crippen molar-refractivity contribution < 1.29 is 4.39 Å². The van der Waals surface area contributed by atoms with E-state index in [0.29, 0.717) is 12.1 Å². The van der Waals surface area contributed by atoms with Crippen LogP contribution >= 0.6 is 0 Å². The summed E-state index contributed by atoms with van der Waals surface area (Å²) in [5, 5.41) is 11.4. The number of benzene rings is 2. The number of hydrogen-bond acceptors (Lipinski definition) is 2. The van der Waals surface area contributed by atoms with Gasteiger partial charge in [-0.2, -0.15) is 5.10 Å². The molecule has 0 spiro atoms. The van der Waals surface area contributed by atoms with Crippen molar-refractivity contribution in [2.24, 2.45) is 0 Å². The summed E-state index contributed by atoms with van der Waals surface area (Å²) in [6.07, 6.45) is 1.79. The van der Waals surface area contributed by atoms with Crippen LogP contribution in [0, 0.1) is 12.7 Å². The van der Waals surface area contributed by atoms with Gasteiger partial charge >= 0.3 is 0 Å². The summed E-state index contributed by atoms with van der Waals surface area (Å²) < 4.78 is 13.2. The number of nitrogens with one attached hydrogen (secondary N) is 2. The van der Waals surface area contributed by atoms with Gasteiger partial charge in [0.05, 0.1) is 17.4 Å². The number of nitrogens with zero attached hydrogens (tertiary/aromatic N) is 1. The SMILES string of the molecule is Cc1cc(CNc2cccc3cn[nH]c23)ccc1F. The van der Waals surface area contributed by atoms with Gasteiger partial charge in [-0.15, -0.1) is 0 Å². The van der Waals surface area contributed by atoms with Crippen LogP contribution in [0.4, 0.5) is 10.1 Å². The van der Waals surface area contributed by atoms with E-state index in [1.807, 2.05) is 24.3 Å². The average molecular weight is 255 g/mol. The smallest absolute Gasteiger partial charge is 0.126 e. The van der Waals surface area contributed by atoms with Crippen LogP contribution in [0.5, 0.6) is 0 Å². The third-order valence-electron chi connectivity index (χ3n) is 3.18. The molecule has 0 bridgehead atoms. The van der Waals surface area contributed by atoms with Crippen molar-refractivity contribution in [1.82, 2.24) is 10.2 Å². The van der Waals surface area contributed by atoms with Crippen LogP contribution in [-0.2, 0) is 6.54 Å². The molecule has 0 atom stereocenters. The van der Waals surface area contributed by atoms with Gasteiger partial charge in [-0.25, -0.2) is 4.39 Å². The predicted molar refractivity (Wildman–Crippen MR) is 74.6 cm³/mol. The largest absolute Gasteiger partial charge is 0.379 e. The minimum absolute atomic E-state index is 0.167. The Morgan fingerprint density at radius 1 is 1.26 bits per heavy atom. The molecule has 0 amide bonds. The number of anilines is 1. The molecule has 2 aromatic carbocycles. The maximum absolute atomic E-state index is 13.2. The van der Waals surface area contributed by atoms with Gasteiger partial charge in [0.25, 0.3) is 0 Å². The number of aryl methyl sites for hydroxylation is 1. The number of halogens is 1. The van der Waals surface area contributed by atoms with Gasteiger partial charge in [-0.05, 0) is 30.2 Å². The van der Waals surface area contributed by atoms with Crippen LogP contribution in [0.25, 0.3) is 10.9 Å². The van der Waals surface area contributed by atoms with E-state index in [1.165, 1.54) is 6.07 Å². The topological polar surface area (TPSA) is 40.7 Å². The summed E-state index contributed by atoms with van der Waals surface area (Å²) in [5.74, 6) is -0.167.